The van der Waals surface area contributed by atoms with Crippen LogP contribution in [-0.2, 0) is 11.2 Å². The van der Waals surface area contributed by atoms with Gasteiger partial charge in [-0.05, 0) is 49.4 Å². The Bertz CT molecular complexity index is 362. The summed E-state index contributed by atoms with van der Waals surface area (Å²) in [6, 6.07) is 6.00. The van der Waals surface area contributed by atoms with Crippen LogP contribution in [0, 0.1) is 0 Å². The third-order valence-corrected chi connectivity index (χ3v) is 3.10. The van der Waals surface area contributed by atoms with Crippen molar-refractivity contribution in [1.29, 1.82) is 0 Å². The van der Waals surface area contributed by atoms with Gasteiger partial charge in [0.1, 0.15) is 12.4 Å². The summed E-state index contributed by atoms with van der Waals surface area (Å²) < 4.78 is 10.8. The lowest BCUT2D eigenvalue weighted by atomic mass is 9.89. The second-order valence-corrected chi connectivity index (χ2v) is 4.31. The van der Waals surface area contributed by atoms with Crippen LogP contribution >= 0.6 is 0 Å². The van der Waals surface area contributed by atoms with Gasteiger partial charge < -0.3 is 14.6 Å². The molecule has 1 N–H and O–H groups in total. The van der Waals surface area contributed by atoms with Crippen molar-refractivity contribution >= 4 is 0 Å². The van der Waals surface area contributed by atoms with E-state index in [0.717, 1.165) is 30.6 Å². The lowest BCUT2D eigenvalue weighted by molar-refractivity contribution is 0.110. The van der Waals surface area contributed by atoms with Gasteiger partial charge in [0.15, 0.2) is 0 Å². The second kappa shape index (κ2) is 6.03. The van der Waals surface area contributed by atoms with Gasteiger partial charge in [0, 0.05) is 6.61 Å². The average Bonchev–Trinajstić information content (AvgIpc) is 2.36. The topological polar surface area (TPSA) is 38.7 Å². The Morgan fingerprint density at radius 2 is 2.24 bits per heavy atom. The molecule has 1 atom stereocenters. The summed E-state index contributed by atoms with van der Waals surface area (Å²) in [6.45, 7) is 3.85. The maximum Gasteiger partial charge on any atom is 0.119 e. The van der Waals surface area contributed by atoms with Crippen LogP contribution in [0.4, 0.5) is 0 Å². The highest BCUT2D eigenvalue weighted by atomic mass is 16.5. The Kier molecular flexibility index (Phi) is 4.40. The molecule has 17 heavy (non-hydrogen) atoms. The van der Waals surface area contributed by atoms with Crippen LogP contribution in [0.25, 0.3) is 0 Å². The molecule has 3 nitrogen and oxygen atoms in total. The summed E-state index contributed by atoms with van der Waals surface area (Å²) in [4.78, 5) is 0. The minimum absolute atomic E-state index is 0.325. The third kappa shape index (κ3) is 3.20. The number of hydrogen-bond donors (Lipinski definition) is 1. The van der Waals surface area contributed by atoms with Crippen molar-refractivity contribution in [2.24, 2.45) is 0 Å². The molecule has 0 bridgehead atoms. The quantitative estimate of drug-likeness (QED) is 0.798. The summed E-state index contributed by atoms with van der Waals surface area (Å²) in [5.74, 6) is 0.824. The molecule has 0 fully saturated rings. The van der Waals surface area contributed by atoms with E-state index >= 15 is 0 Å². The van der Waals surface area contributed by atoms with Crippen molar-refractivity contribution in [3.05, 3.63) is 29.3 Å². The van der Waals surface area contributed by atoms with Crippen LogP contribution in [0.1, 0.15) is 37.0 Å². The predicted molar refractivity (Wildman–Crippen MR) is 66.3 cm³/mol. The number of ether oxygens (including phenoxy) is 2. The monoisotopic (exact) mass is 236 g/mol. The van der Waals surface area contributed by atoms with E-state index in [1.54, 1.807) is 0 Å². The molecular weight excluding hydrogens is 216 g/mol. The molecule has 0 heterocycles. The Hall–Kier alpha value is -1.06. The highest BCUT2D eigenvalue weighted by Gasteiger charge is 2.18. The number of aliphatic hydroxyl groups excluding tert-OH is 1. The molecular formula is C14H20O3. The first-order valence-corrected chi connectivity index (χ1v) is 6.32. The zero-order valence-corrected chi connectivity index (χ0v) is 10.3. The fourth-order valence-corrected chi connectivity index (χ4v) is 2.20. The van der Waals surface area contributed by atoms with Gasteiger partial charge in [0.25, 0.3) is 0 Å². The molecule has 94 valence electrons. The van der Waals surface area contributed by atoms with Crippen molar-refractivity contribution in [3.8, 4) is 5.75 Å². The minimum atomic E-state index is -0.325. The third-order valence-electron chi connectivity index (χ3n) is 3.10. The second-order valence-electron chi connectivity index (χ2n) is 4.31. The predicted octanol–water partition coefficient (Wildman–Crippen LogP) is 2.47. The van der Waals surface area contributed by atoms with Gasteiger partial charge >= 0.3 is 0 Å². The normalized spacial score (nSPS) is 18.8. The molecule has 1 aromatic rings. The van der Waals surface area contributed by atoms with Gasteiger partial charge in [-0.3, -0.25) is 0 Å². The van der Waals surface area contributed by atoms with Crippen molar-refractivity contribution in [3.63, 3.8) is 0 Å². The highest BCUT2D eigenvalue weighted by Crippen LogP contribution is 2.32. The smallest absolute Gasteiger partial charge is 0.119 e. The first-order chi connectivity index (χ1) is 8.31. The van der Waals surface area contributed by atoms with E-state index in [1.165, 1.54) is 5.56 Å². The lowest BCUT2D eigenvalue weighted by Crippen LogP contribution is -2.10. The Morgan fingerprint density at radius 3 is 3.06 bits per heavy atom. The Morgan fingerprint density at radius 1 is 1.35 bits per heavy atom. The molecule has 2 rings (SSSR count). The molecule has 3 heteroatoms. The molecule has 1 aromatic carbocycles. The van der Waals surface area contributed by atoms with Crippen molar-refractivity contribution in [2.75, 3.05) is 19.8 Å². The van der Waals surface area contributed by atoms with Gasteiger partial charge in [-0.2, -0.15) is 0 Å². The van der Waals surface area contributed by atoms with E-state index in [2.05, 4.69) is 6.07 Å². The minimum Gasteiger partial charge on any atom is -0.491 e. The van der Waals surface area contributed by atoms with Gasteiger partial charge in [-0.25, -0.2) is 0 Å². The van der Waals surface area contributed by atoms with E-state index in [1.807, 2.05) is 19.1 Å². The van der Waals surface area contributed by atoms with Crippen molar-refractivity contribution in [2.45, 2.75) is 32.3 Å². The number of aryl methyl sites for hydroxylation is 1. The average molecular weight is 236 g/mol. The van der Waals surface area contributed by atoms with Crippen LogP contribution in [0.2, 0.25) is 0 Å². The fraction of sp³-hybridized carbons (Fsp3) is 0.571. The van der Waals surface area contributed by atoms with Crippen LogP contribution in [0.15, 0.2) is 18.2 Å². The van der Waals surface area contributed by atoms with E-state index in [0.29, 0.717) is 19.8 Å². The zero-order chi connectivity index (χ0) is 12.1. The molecule has 0 radical (unpaired) electrons. The maximum atomic E-state index is 9.92. The zero-order valence-electron chi connectivity index (χ0n) is 10.3. The van der Waals surface area contributed by atoms with Gasteiger partial charge in [-0.1, -0.05) is 6.07 Å². The number of fused-ring (bicyclic) bond motifs is 1. The summed E-state index contributed by atoms with van der Waals surface area (Å²) >= 11 is 0. The van der Waals surface area contributed by atoms with Crippen LogP contribution in [0.5, 0.6) is 5.75 Å². The van der Waals surface area contributed by atoms with Crippen LogP contribution in [0.3, 0.4) is 0 Å². The molecule has 0 spiro atoms. The molecule has 0 aromatic heterocycles. The first kappa shape index (κ1) is 12.4. The molecule has 0 aliphatic heterocycles. The summed E-state index contributed by atoms with van der Waals surface area (Å²) in [6.07, 6.45) is 2.66. The van der Waals surface area contributed by atoms with Gasteiger partial charge in [0.05, 0.1) is 12.7 Å². The van der Waals surface area contributed by atoms with E-state index in [-0.39, 0.29) is 6.10 Å². The molecule has 1 aliphatic rings. The molecule has 1 aliphatic carbocycles. The largest absolute Gasteiger partial charge is 0.491 e. The first-order valence-electron chi connectivity index (χ1n) is 6.32. The Labute approximate surface area is 102 Å². The molecule has 0 saturated heterocycles. The SMILES string of the molecule is CCOCCOc1ccc2c(c1)C(O)CCC2. The van der Waals surface area contributed by atoms with Gasteiger partial charge in [-0.15, -0.1) is 0 Å². The van der Waals surface area contributed by atoms with Crippen LogP contribution < -0.4 is 4.74 Å². The van der Waals surface area contributed by atoms with Crippen LogP contribution in [-0.4, -0.2) is 24.9 Å². The molecule has 0 saturated carbocycles. The van der Waals surface area contributed by atoms with E-state index in [9.17, 15) is 5.11 Å². The van der Waals surface area contributed by atoms with Crippen molar-refractivity contribution in [1.82, 2.24) is 0 Å². The lowest BCUT2D eigenvalue weighted by Gasteiger charge is -2.21. The number of rotatable bonds is 5. The highest BCUT2D eigenvalue weighted by molar-refractivity contribution is 5.38. The summed E-state index contributed by atoms with van der Waals surface area (Å²) in [7, 11) is 0. The van der Waals surface area contributed by atoms with Gasteiger partial charge in [0.2, 0.25) is 0 Å². The number of hydrogen-bond acceptors (Lipinski definition) is 3. The summed E-state index contributed by atoms with van der Waals surface area (Å²) in [5.41, 5.74) is 2.28. The standard InChI is InChI=1S/C14H20O3/c1-2-16-8-9-17-12-7-6-11-4-3-5-14(15)13(11)10-12/h6-7,10,14-15H,2-5,8-9H2,1H3. The van der Waals surface area contributed by atoms with E-state index in [4.69, 9.17) is 9.47 Å². The number of aliphatic hydroxyl groups is 1. The number of benzene rings is 1. The van der Waals surface area contributed by atoms with E-state index < -0.39 is 0 Å². The fourth-order valence-electron chi connectivity index (χ4n) is 2.20. The summed E-state index contributed by atoms with van der Waals surface area (Å²) in [5, 5.41) is 9.92. The maximum absolute atomic E-state index is 9.92. The molecule has 1 unspecified atom stereocenters. The van der Waals surface area contributed by atoms with Crippen molar-refractivity contribution < 1.29 is 14.6 Å². The molecule has 0 amide bonds. The Balaban J connectivity index is 1.97.